The predicted octanol–water partition coefficient (Wildman–Crippen LogP) is 4.21. The largest absolute Gasteiger partial charge is 0.462 e. The van der Waals surface area contributed by atoms with Crippen LogP contribution in [0.3, 0.4) is 0 Å². The zero-order chi connectivity index (χ0) is 10.3. The molecule has 2 nitrogen and oxygen atoms in total. The average Bonchev–Trinajstić information content (AvgIpc) is 2.82. The van der Waals surface area contributed by atoms with Gasteiger partial charge in [0, 0.05) is 17.8 Å². The first-order valence-electron chi connectivity index (χ1n) is 4.40. The fourth-order valence-electron chi connectivity index (χ4n) is 1.51. The maximum Gasteiger partial charge on any atom is 0.154 e. The summed E-state index contributed by atoms with van der Waals surface area (Å²) in [6, 6.07) is 3.82. The Balaban J connectivity index is 2.29. The van der Waals surface area contributed by atoms with E-state index < -0.39 is 0 Å². The normalized spacial score (nSPS) is 11.0. The first kappa shape index (κ1) is 8.95. The molecule has 3 aromatic rings. The maximum atomic E-state index is 5.83. The Kier molecular flexibility index (Phi) is 2.01. The molecule has 15 heavy (non-hydrogen) atoms. The molecular formula is C11H6ClNOS. The molecule has 0 saturated carbocycles. The van der Waals surface area contributed by atoms with Crippen molar-refractivity contribution in [3.63, 3.8) is 0 Å². The molecule has 0 aliphatic rings. The second-order valence-electron chi connectivity index (χ2n) is 3.16. The Morgan fingerprint density at radius 2 is 2.33 bits per heavy atom. The quantitative estimate of drug-likeness (QED) is 0.632. The Morgan fingerprint density at radius 1 is 1.40 bits per heavy atom. The van der Waals surface area contributed by atoms with Gasteiger partial charge in [-0.2, -0.15) is 11.3 Å². The van der Waals surface area contributed by atoms with E-state index in [9.17, 15) is 0 Å². The molecule has 0 fully saturated rings. The second-order valence-corrected chi connectivity index (χ2v) is 4.38. The standard InChI is InChI=1S/C11H6ClNOS/c12-8-3-10-11(13-4-8)9(5-14-10)7-1-2-15-6-7/h1-6H. The molecule has 0 atom stereocenters. The van der Waals surface area contributed by atoms with Crippen molar-refractivity contribution in [2.75, 3.05) is 0 Å². The molecular weight excluding hydrogens is 230 g/mol. The van der Waals surface area contributed by atoms with E-state index in [0.29, 0.717) is 5.02 Å². The summed E-state index contributed by atoms with van der Waals surface area (Å²) in [5, 5.41) is 4.69. The third kappa shape index (κ3) is 1.44. The lowest BCUT2D eigenvalue weighted by molar-refractivity contribution is 0.616. The molecule has 0 bridgehead atoms. The third-order valence-corrected chi connectivity index (χ3v) is 3.10. The van der Waals surface area contributed by atoms with Gasteiger partial charge in [-0.3, -0.25) is 4.98 Å². The van der Waals surface area contributed by atoms with Crippen LogP contribution in [0.1, 0.15) is 0 Å². The van der Waals surface area contributed by atoms with E-state index in [2.05, 4.69) is 10.4 Å². The van der Waals surface area contributed by atoms with Gasteiger partial charge in [-0.25, -0.2) is 0 Å². The summed E-state index contributed by atoms with van der Waals surface area (Å²) in [6.45, 7) is 0. The van der Waals surface area contributed by atoms with E-state index in [1.807, 2.05) is 11.4 Å². The van der Waals surface area contributed by atoms with Gasteiger partial charge in [-0.05, 0) is 22.4 Å². The van der Waals surface area contributed by atoms with Gasteiger partial charge in [-0.15, -0.1) is 0 Å². The molecule has 0 aromatic carbocycles. The third-order valence-electron chi connectivity index (χ3n) is 2.21. The molecule has 74 valence electrons. The maximum absolute atomic E-state index is 5.83. The van der Waals surface area contributed by atoms with Crippen molar-refractivity contribution in [1.29, 1.82) is 0 Å². The van der Waals surface area contributed by atoms with Crippen LogP contribution in [0, 0.1) is 0 Å². The molecule has 3 aromatic heterocycles. The van der Waals surface area contributed by atoms with E-state index in [-0.39, 0.29) is 0 Å². The first-order chi connectivity index (χ1) is 7.34. The van der Waals surface area contributed by atoms with Crippen LogP contribution in [-0.2, 0) is 0 Å². The van der Waals surface area contributed by atoms with Crippen molar-refractivity contribution in [2.45, 2.75) is 0 Å². The van der Waals surface area contributed by atoms with Crippen molar-refractivity contribution in [3.8, 4) is 11.1 Å². The highest BCUT2D eigenvalue weighted by atomic mass is 35.5. The molecule has 0 N–H and O–H groups in total. The Morgan fingerprint density at radius 3 is 3.13 bits per heavy atom. The van der Waals surface area contributed by atoms with Crippen LogP contribution in [0.4, 0.5) is 0 Å². The van der Waals surface area contributed by atoms with Gasteiger partial charge < -0.3 is 4.42 Å². The smallest absolute Gasteiger partial charge is 0.154 e. The van der Waals surface area contributed by atoms with E-state index in [0.717, 1.165) is 22.2 Å². The topological polar surface area (TPSA) is 26.0 Å². The molecule has 0 unspecified atom stereocenters. The fraction of sp³-hybridized carbons (Fsp3) is 0. The molecule has 0 aliphatic heterocycles. The number of halogens is 1. The van der Waals surface area contributed by atoms with E-state index in [4.69, 9.17) is 16.0 Å². The number of furan rings is 1. The lowest BCUT2D eigenvalue weighted by atomic mass is 10.1. The monoisotopic (exact) mass is 235 g/mol. The molecule has 3 heterocycles. The van der Waals surface area contributed by atoms with Crippen LogP contribution in [0.15, 0.2) is 39.8 Å². The molecule has 0 radical (unpaired) electrons. The summed E-state index contributed by atoms with van der Waals surface area (Å²) in [5.74, 6) is 0. The van der Waals surface area contributed by atoms with Gasteiger partial charge in [0.25, 0.3) is 0 Å². The number of aromatic nitrogens is 1. The molecule has 0 saturated heterocycles. The van der Waals surface area contributed by atoms with Crippen molar-refractivity contribution in [2.24, 2.45) is 0 Å². The highest BCUT2D eigenvalue weighted by molar-refractivity contribution is 7.08. The number of thiophene rings is 1. The van der Waals surface area contributed by atoms with E-state index in [1.54, 1.807) is 29.9 Å². The zero-order valence-corrected chi connectivity index (χ0v) is 9.18. The summed E-state index contributed by atoms with van der Waals surface area (Å²) < 4.78 is 5.41. The van der Waals surface area contributed by atoms with Crippen LogP contribution >= 0.6 is 22.9 Å². The Hall–Kier alpha value is -1.32. The zero-order valence-electron chi connectivity index (χ0n) is 7.61. The van der Waals surface area contributed by atoms with Crippen LogP contribution in [0.25, 0.3) is 22.2 Å². The van der Waals surface area contributed by atoms with Gasteiger partial charge in [0.15, 0.2) is 5.58 Å². The van der Waals surface area contributed by atoms with Gasteiger partial charge in [-0.1, -0.05) is 11.6 Å². The molecule has 3 rings (SSSR count). The minimum atomic E-state index is 0.591. The average molecular weight is 236 g/mol. The van der Waals surface area contributed by atoms with Gasteiger partial charge in [0.2, 0.25) is 0 Å². The van der Waals surface area contributed by atoms with E-state index in [1.165, 1.54) is 0 Å². The number of rotatable bonds is 1. The Labute approximate surface area is 95.1 Å². The SMILES string of the molecule is Clc1cnc2c(-c3ccsc3)coc2c1. The molecule has 0 spiro atoms. The number of pyridine rings is 1. The summed E-state index contributed by atoms with van der Waals surface area (Å²) in [7, 11) is 0. The second kappa shape index (κ2) is 3.36. The highest BCUT2D eigenvalue weighted by Gasteiger charge is 2.09. The lowest BCUT2D eigenvalue weighted by Crippen LogP contribution is -1.76. The number of fused-ring (bicyclic) bond motifs is 1. The number of nitrogens with zero attached hydrogens (tertiary/aromatic N) is 1. The van der Waals surface area contributed by atoms with Crippen LogP contribution < -0.4 is 0 Å². The first-order valence-corrected chi connectivity index (χ1v) is 5.72. The fourth-order valence-corrected chi connectivity index (χ4v) is 2.32. The van der Waals surface area contributed by atoms with Crippen molar-refractivity contribution < 1.29 is 4.42 Å². The number of hydrogen-bond acceptors (Lipinski definition) is 3. The summed E-state index contributed by atoms with van der Waals surface area (Å²) >= 11 is 7.49. The minimum absolute atomic E-state index is 0.591. The van der Waals surface area contributed by atoms with Gasteiger partial charge in [0.1, 0.15) is 11.8 Å². The Bertz CT molecular complexity index is 600. The van der Waals surface area contributed by atoms with Crippen molar-refractivity contribution >= 4 is 34.0 Å². The number of hydrogen-bond donors (Lipinski definition) is 0. The lowest BCUT2D eigenvalue weighted by Gasteiger charge is -1.92. The molecule has 0 aliphatic carbocycles. The van der Waals surface area contributed by atoms with E-state index >= 15 is 0 Å². The van der Waals surface area contributed by atoms with Gasteiger partial charge >= 0.3 is 0 Å². The van der Waals surface area contributed by atoms with Crippen molar-refractivity contribution in [1.82, 2.24) is 4.98 Å². The minimum Gasteiger partial charge on any atom is -0.462 e. The predicted molar refractivity (Wildman–Crippen MR) is 62.3 cm³/mol. The summed E-state index contributed by atoms with van der Waals surface area (Å²) in [6.07, 6.45) is 3.35. The highest BCUT2D eigenvalue weighted by Crippen LogP contribution is 2.31. The summed E-state index contributed by atoms with van der Waals surface area (Å²) in [5.41, 5.74) is 3.73. The van der Waals surface area contributed by atoms with Gasteiger partial charge in [0.05, 0.1) is 5.02 Å². The molecule has 0 amide bonds. The molecule has 4 heteroatoms. The van der Waals surface area contributed by atoms with Crippen molar-refractivity contribution in [3.05, 3.63) is 40.4 Å². The van der Waals surface area contributed by atoms with Crippen LogP contribution in [0.2, 0.25) is 5.02 Å². The van der Waals surface area contributed by atoms with Crippen LogP contribution in [-0.4, -0.2) is 4.98 Å². The van der Waals surface area contributed by atoms with Crippen LogP contribution in [0.5, 0.6) is 0 Å². The summed E-state index contributed by atoms with van der Waals surface area (Å²) in [4.78, 5) is 4.28.